The number of halogens is 6. The summed E-state index contributed by atoms with van der Waals surface area (Å²) in [5.41, 5.74) is 3.38. The summed E-state index contributed by atoms with van der Waals surface area (Å²) in [5, 5.41) is 22.6. The molecular formula is C21H24F6N6O5. The van der Waals surface area contributed by atoms with E-state index in [1.807, 2.05) is 43.2 Å². The summed E-state index contributed by atoms with van der Waals surface area (Å²) < 4.78 is 73.0. The highest BCUT2D eigenvalue weighted by molar-refractivity contribution is 5.73. The zero-order valence-electron chi connectivity index (χ0n) is 20.3. The molecule has 38 heavy (non-hydrogen) atoms. The number of alkyl halides is 6. The van der Waals surface area contributed by atoms with Gasteiger partial charge in [-0.3, -0.25) is 9.58 Å². The maximum atomic E-state index is 10.6. The van der Waals surface area contributed by atoms with Crippen molar-refractivity contribution in [1.82, 2.24) is 29.4 Å². The molecule has 11 nitrogen and oxygen atoms in total. The molecule has 1 unspecified atom stereocenters. The van der Waals surface area contributed by atoms with Crippen LogP contribution in [0.25, 0.3) is 0 Å². The fraction of sp³-hybridized carbons (Fsp3) is 0.476. The molecule has 0 aromatic carbocycles. The number of carboxylic acids is 2. The van der Waals surface area contributed by atoms with Crippen LogP contribution in [0.3, 0.4) is 0 Å². The number of imidazole rings is 1. The topological polar surface area (TPSA) is 140 Å². The predicted octanol–water partition coefficient (Wildman–Crippen LogP) is 3.58. The maximum absolute atomic E-state index is 10.6. The van der Waals surface area contributed by atoms with Crippen LogP contribution in [0.15, 0.2) is 29.2 Å². The lowest BCUT2D eigenvalue weighted by atomic mass is 10.1. The average molecular weight is 554 g/mol. The van der Waals surface area contributed by atoms with Crippen LogP contribution in [0.2, 0.25) is 0 Å². The van der Waals surface area contributed by atoms with E-state index in [1.165, 1.54) is 11.3 Å². The molecule has 0 aliphatic carbocycles. The zero-order valence-corrected chi connectivity index (χ0v) is 20.3. The summed E-state index contributed by atoms with van der Waals surface area (Å²) in [7, 11) is 0. The molecule has 3 aromatic heterocycles. The van der Waals surface area contributed by atoms with Crippen molar-refractivity contribution in [2.24, 2.45) is 0 Å². The number of carboxylic acid groups (broad SMARTS) is 2. The van der Waals surface area contributed by atoms with Crippen LogP contribution in [0.1, 0.15) is 41.5 Å². The van der Waals surface area contributed by atoms with E-state index in [0.717, 1.165) is 43.5 Å². The van der Waals surface area contributed by atoms with Crippen molar-refractivity contribution in [1.29, 1.82) is 0 Å². The lowest BCUT2D eigenvalue weighted by Crippen LogP contribution is -2.37. The normalized spacial score (nSPS) is 15.6. The van der Waals surface area contributed by atoms with Gasteiger partial charge >= 0.3 is 24.3 Å². The molecule has 1 atom stereocenters. The molecule has 0 amide bonds. The maximum Gasteiger partial charge on any atom is 0.490 e. The van der Waals surface area contributed by atoms with Gasteiger partial charge in [-0.25, -0.2) is 14.6 Å². The lowest BCUT2D eigenvalue weighted by molar-refractivity contribution is -0.193. The van der Waals surface area contributed by atoms with Gasteiger partial charge < -0.3 is 19.3 Å². The molecule has 0 spiro atoms. The molecule has 1 aliphatic heterocycles. The number of hydrogen-bond acceptors (Lipinski definition) is 7. The van der Waals surface area contributed by atoms with Gasteiger partial charge in [-0.15, -0.1) is 0 Å². The summed E-state index contributed by atoms with van der Waals surface area (Å²) in [5.74, 6) is -3.48. The molecule has 17 heteroatoms. The van der Waals surface area contributed by atoms with Gasteiger partial charge in [0.1, 0.15) is 11.6 Å². The largest absolute Gasteiger partial charge is 0.490 e. The SMILES string of the molecule is Cc1noc(C)c1CN1CCn2c(Cn3cccn3)cnc2C1C.O=C(O)C(F)(F)F.O=C(O)C(F)(F)F. The summed E-state index contributed by atoms with van der Waals surface area (Å²) in [6.45, 7) is 9.74. The van der Waals surface area contributed by atoms with Gasteiger partial charge in [0.2, 0.25) is 0 Å². The summed E-state index contributed by atoms with van der Waals surface area (Å²) in [6.07, 6.45) is -4.40. The van der Waals surface area contributed by atoms with Crippen molar-refractivity contribution in [3.05, 3.63) is 53.2 Å². The number of rotatable bonds is 4. The lowest BCUT2D eigenvalue weighted by Gasteiger charge is -2.34. The first-order valence-electron chi connectivity index (χ1n) is 10.8. The highest BCUT2D eigenvalue weighted by atomic mass is 19.4. The number of aliphatic carboxylic acids is 2. The summed E-state index contributed by atoms with van der Waals surface area (Å²) >= 11 is 0. The third kappa shape index (κ3) is 8.06. The van der Waals surface area contributed by atoms with Gasteiger partial charge in [-0.05, 0) is 26.8 Å². The van der Waals surface area contributed by atoms with Crippen molar-refractivity contribution < 1.29 is 50.7 Å². The van der Waals surface area contributed by atoms with Crippen LogP contribution in [0.5, 0.6) is 0 Å². The minimum absolute atomic E-state index is 0.263. The van der Waals surface area contributed by atoms with Gasteiger partial charge in [-0.1, -0.05) is 5.16 Å². The van der Waals surface area contributed by atoms with E-state index in [2.05, 4.69) is 31.6 Å². The minimum Gasteiger partial charge on any atom is -0.475 e. The highest BCUT2D eigenvalue weighted by Crippen LogP contribution is 2.28. The Hall–Kier alpha value is -3.89. The van der Waals surface area contributed by atoms with Crippen molar-refractivity contribution >= 4 is 11.9 Å². The third-order valence-corrected chi connectivity index (χ3v) is 5.41. The predicted molar refractivity (Wildman–Crippen MR) is 116 cm³/mol. The van der Waals surface area contributed by atoms with Gasteiger partial charge in [0.25, 0.3) is 0 Å². The van der Waals surface area contributed by atoms with Gasteiger partial charge in [0.05, 0.1) is 30.2 Å². The van der Waals surface area contributed by atoms with Gasteiger partial charge in [0.15, 0.2) is 0 Å². The quantitative estimate of drug-likeness (QED) is 0.463. The third-order valence-electron chi connectivity index (χ3n) is 5.41. The standard InChI is InChI=1S/C17H22N6O.2C2HF3O2/c1-12-16(14(3)24-20-12)11-21-7-8-23-15(9-18-17(23)13(21)2)10-22-6-4-5-19-22;2*3-2(4,5)1(6)7/h4-6,9,13H,7-8,10-11H2,1-3H3;2*(H,6,7). The van der Waals surface area contributed by atoms with E-state index in [9.17, 15) is 26.3 Å². The number of carbonyl (C=O) groups is 2. The first-order valence-corrected chi connectivity index (χ1v) is 10.8. The molecular weight excluding hydrogens is 530 g/mol. The van der Waals surface area contributed by atoms with Crippen LogP contribution in [-0.2, 0) is 29.2 Å². The van der Waals surface area contributed by atoms with Crippen molar-refractivity contribution in [2.75, 3.05) is 6.54 Å². The van der Waals surface area contributed by atoms with E-state index >= 15 is 0 Å². The molecule has 0 saturated carbocycles. The number of nitrogens with zero attached hydrogens (tertiary/aromatic N) is 6. The second kappa shape index (κ2) is 12.1. The summed E-state index contributed by atoms with van der Waals surface area (Å²) in [4.78, 5) is 24.9. The van der Waals surface area contributed by atoms with Crippen LogP contribution < -0.4 is 0 Å². The Bertz CT molecular complexity index is 1170. The summed E-state index contributed by atoms with van der Waals surface area (Å²) in [6, 6.07) is 2.21. The Balaban J connectivity index is 0.000000301. The molecule has 1 aliphatic rings. The first kappa shape index (κ1) is 30.3. The zero-order chi connectivity index (χ0) is 28.8. The van der Waals surface area contributed by atoms with Crippen LogP contribution in [0, 0.1) is 13.8 Å². The Kier molecular flexibility index (Phi) is 9.66. The Morgan fingerprint density at radius 1 is 1.05 bits per heavy atom. The van der Waals surface area contributed by atoms with E-state index in [4.69, 9.17) is 24.3 Å². The average Bonchev–Trinajstić information content (AvgIpc) is 3.53. The molecule has 4 rings (SSSR count). The van der Waals surface area contributed by atoms with E-state index < -0.39 is 24.3 Å². The fourth-order valence-corrected chi connectivity index (χ4v) is 3.44. The Labute approximate surface area is 211 Å². The van der Waals surface area contributed by atoms with Crippen molar-refractivity contribution in [3.8, 4) is 0 Å². The Morgan fingerprint density at radius 3 is 2.08 bits per heavy atom. The minimum atomic E-state index is -5.08. The number of aromatic nitrogens is 5. The van der Waals surface area contributed by atoms with Crippen LogP contribution >= 0.6 is 0 Å². The second-order valence-electron chi connectivity index (χ2n) is 8.02. The van der Waals surface area contributed by atoms with Crippen molar-refractivity contribution in [2.45, 2.75) is 58.8 Å². The van der Waals surface area contributed by atoms with Crippen molar-refractivity contribution in [3.63, 3.8) is 0 Å². The van der Waals surface area contributed by atoms with E-state index in [-0.39, 0.29) is 6.04 Å². The monoisotopic (exact) mass is 554 g/mol. The second-order valence-corrected chi connectivity index (χ2v) is 8.02. The molecule has 0 radical (unpaired) electrons. The molecule has 210 valence electrons. The molecule has 2 N–H and O–H groups in total. The molecule has 4 heterocycles. The number of aryl methyl sites for hydroxylation is 2. The molecule has 0 fully saturated rings. The number of hydrogen-bond donors (Lipinski definition) is 2. The highest BCUT2D eigenvalue weighted by Gasteiger charge is 2.39. The van der Waals surface area contributed by atoms with Gasteiger partial charge in [-0.2, -0.15) is 31.4 Å². The smallest absolute Gasteiger partial charge is 0.475 e. The first-order chi connectivity index (χ1) is 17.5. The molecule has 3 aromatic rings. The molecule has 0 saturated heterocycles. The molecule has 0 bridgehead atoms. The fourth-order valence-electron chi connectivity index (χ4n) is 3.44. The van der Waals surface area contributed by atoms with E-state index in [1.54, 1.807) is 0 Å². The Morgan fingerprint density at radius 2 is 1.63 bits per heavy atom. The van der Waals surface area contributed by atoms with E-state index in [0.29, 0.717) is 0 Å². The van der Waals surface area contributed by atoms with Crippen LogP contribution in [-0.4, -0.2) is 70.4 Å². The number of fused-ring (bicyclic) bond motifs is 1. The van der Waals surface area contributed by atoms with Gasteiger partial charge in [0, 0.05) is 37.6 Å². The van der Waals surface area contributed by atoms with Crippen LogP contribution in [0.4, 0.5) is 26.3 Å².